The van der Waals surface area contributed by atoms with Gasteiger partial charge >= 0.3 is 10.5 Å². The minimum absolute atomic E-state index is 0.219. The topological polar surface area (TPSA) is 26.3 Å². The van der Waals surface area contributed by atoms with E-state index >= 15 is 0 Å². The summed E-state index contributed by atoms with van der Waals surface area (Å²) in [6, 6.07) is 7.92. The van der Waals surface area contributed by atoms with Crippen LogP contribution in [0.3, 0.4) is 0 Å². The second-order valence-electron chi connectivity index (χ2n) is 3.20. The summed E-state index contributed by atoms with van der Waals surface area (Å²) in [5, 5.41) is 0. The van der Waals surface area contributed by atoms with Gasteiger partial charge in [-0.15, -0.1) is 0 Å². The first-order valence-electron chi connectivity index (χ1n) is 4.66. The molecule has 0 fully saturated rings. The molecule has 0 heterocycles. The summed E-state index contributed by atoms with van der Waals surface area (Å²) >= 11 is 0. The predicted molar refractivity (Wildman–Crippen MR) is 56.1 cm³/mol. The van der Waals surface area contributed by atoms with Crippen LogP contribution in [0.1, 0.15) is 30.9 Å². The van der Waals surface area contributed by atoms with E-state index in [0.29, 0.717) is 0 Å². The highest BCUT2D eigenvalue weighted by Crippen LogP contribution is 2.21. The monoisotopic (exact) mass is 205 g/mol. The van der Waals surface area contributed by atoms with Gasteiger partial charge in [0.2, 0.25) is 0 Å². The molecule has 1 aromatic rings. The van der Waals surface area contributed by atoms with Gasteiger partial charge in [0.15, 0.2) is 0 Å². The third kappa shape index (κ3) is 2.23. The normalized spacial score (nSPS) is 12.2. The number of aryl methyl sites for hydroxylation is 1. The molecule has 73 valence electrons. The van der Waals surface area contributed by atoms with Gasteiger partial charge in [-0.1, -0.05) is 31.2 Å². The van der Waals surface area contributed by atoms with E-state index in [1.165, 1.54) is 5.56 Å². The van der Waals surface area contributed by atoms with Crippen LogP contribution < -0.4 is 0 Å². The highest BCUT2D eigenvalue weighted by atomic mass is 28.2. The fourth-order valence-electron chi connectivity index (χ4n) is 1.49. The smallest absolute Gasteiger partial charge is 0.345 e. The molecule has 0 aliphatic rings. The molecule has 1 rings (SSSR count). The first-order chi connectivity index (χ1) is 6.70. The Morgan fingerprint density at radius 2 is 2.14 bits per heavy atom. The summed E-state index contributed by atoms with van der Waals surface area (Å²) in [5.74, 6) is -0.480. The lowest BCUT2D eigenvalue weighted by Crippen LogP contribution is -2.13. The Bertz CT molecular complexity index is 323. The number of rotatable bonds is 3. The van der Waals surface area contributed by atoms with Crippen LogP contribution in [0.25, 0.3) is 0 Å². The summed E-state index contributed by atoms with van der Waals surface area (Å²) in [5.41, 5.74) is 2.23. The van der Waals surface area contributed by atoms with Crippen molar-refractivity contribution in [1.29, 1.82) is 0 Å². The third-order valence-corrected chi connectivity index (χ3v) is 2.56. The second kappa shape index (κ2) is 4.96. The molecule has 1 atom stereocenters. The van der Waals surface area contributed by atoms with E-state index in [2.05, 4.69) is 21.8 Å². The molecular formula is C11H13O2Si. The van der Waals surface area contributed by atoms with Crippen LogP contribution in [0.15, 0.2) is 24.3 Å². The van der Waals surface area contributed by atoms with Crippen LogP contribution >= 0.6 is 0 Å². The van der Waals surface area contributed by atoms with E-state index in [1.54, 1.807) is 0 Å². The van der Waals surface area contributed by atoms with Gasteiger partial charge in [0.25, 0.3) is 5.97 Å². The second-order valence-corrected chi connectivity index (χ2v) is 3.40. The fraction of sp³-hybridized carbons (Fsp3) is 0.364. The number of hydrogen-bond donors (Lipinski definition) is 0. The van der Waals surface area contributed by atoms with Crippen molar-refractivity contribution < 1.29 is 9.22 Å². The van der Waals surface area contributed by atoms with E-state index in [1.807, 2.05) is 31.2 Å². The molecule has 3 radical (unpaired) electrons. The van der Waals surface area contributed by atoms with Gasteiger partial charge in [-0.3, -0.25) is 4.79 Å². The molecule has 0 amide bonds. The molecule has 0 saturated heterocycles. The highest BCUT2D eigenvalue weighted by Gasteiger charge is 2.17. The third-order valence-electron chi connectivity index (χ3n) is 2.36. The Hall–Kier alpha value is -1.09. The van der Waals surface area contributed by atoms with E-state index < -0.39 is 0 Å². The minimum Gasteiger partial charge on any atom is -0.516 e. The lowest BCUT2D eigenvalue weighted by atomic mass is 9.95. The molecule has 0 saturated carbocycles. The molecule has 0 aliphatic heterocycles. The van der Waals surface area contributed by atoms with Crippen molar-refractivity contribution in [2.24, 2.45) is 0 Å². The lowest BCUT2D eigenvalue weighted by molar-refractivity contribution is -0.135. The van der Waals surface area contributed by atoms with Gasteiger partial charge in [0.1, 0.15) is 0 Å². The molecule has 3 heteroatoms. The summed E-state index contributed by atoms with van der Waals surface area (Å²) in [7, 11) is 2.76. The molecule has 1 unspecified atom stereocenters. The van der Waals surface area contributed by atoms with Crippen molar-refractivity contribution in [2.75, 3.05) is 0 Å². The molecule has 0 N–H and O–H groups in total. The van der Waals surface area contributed by atoms with Crippen molar-refractivity contribution in [2.45, 2.75) is 26.2 Å². The van der Waals surface area contributed by atoms with Gasteiger partial charge in [-0.25, -0.2) is 0 Å². The molecule has 1 aromatic carbocycles. The molecule has 0 aliphatic carbocycles. The number of hydrogen-bond acceptors (Lipinski definition) is 2. The molecule has 0 aromatic heterocycles. The Balaban J connectivity index is 2.99. The summed E-state index contributed by atoms with van der Waals surface area (Å²) < 4.78 is 4.53. The molecule has 0 bridgehead atoms. The SMILES string of the molecule is CCc1ccccc1C(C)C(=O)O[Si]. The van der Waals surface area contributed by atoms with Gasteiger partial charge in [-0.05, 0) is 24.5 Å². The predicted octanol–water partition coefficient (Wildman–Crippen LogP) is 1.98. The molecular weight excluding hydrogens is 192 g/mol. The standard InChI is InChI=1S/C11H13O2Si/c1-3-9-6-4-5-7-10(9)8(2)11(12)13-14/h4-8H,3H2,1-2H3. The Labute approximate surface area is 87.8 Å². The maximum atomic E-state index is 11.3. The summed E-state index contributed by atoms with van der Waals surface area (Å²) in [6.45, 7) is 3.92. The first kappa shape index (κ1) is 11.0. The zero-order chi connectivity index (χ0) is 10.6. The zero-order valence-electron chi connectivity index (χ0n) is 8.41. The van der Waals surface area contributed by atoms with Gasteiger partial charge in [-0.2, -0.15) is 0 Å². The maximum absolute atomic E-state index is 11.3. The van der Waals surface area contributed by atoms with Crippen molar-refractivity contribution >= 4 is 16.5 Å². The van der Waals surface area contributed by atoms with Gasteiger partial charge < -0.3 is 4.43 Å². The van der Waals surface area contributed by atoms with E-state index in [-0.39, 0.29) is 11.9 Å². The summed E-state index contributed by atoms with van der Waals surface area (Å²) in [6.07, 6.45) is 0.926. The average Bonchev–Trinajstić information content (AvgIpc) is 2.26. The van der Waals surface area contributed by atoms with Crippen LogP contribution in [0.5, 0.6) is 0 Å². The fourth-order valence-corrected chi connectivity index (χ4v) is 1.67. The zero-order valence-corrected chi connectivity index (χ0v) is 9.41. The van der Waals surface area contributed by atoms with E-state index in [4.69, 9.17) is 0 Å². The number of carbonyl (C=O) groups is 1. The van der Waals surface area contributed by atoms with Gasteiger partial charge in [0.05, 0.1) is 5.92 Å². The quantitative estimate of drug-likeness (QED) is 0.705. The van der Waals surface area contributed by atoms with Crippen molar-refractivity contribution in [1.82, 2.24) is 0 Å². The Morgan fingerprint density at radius 3 is 2.71 bits per heavy atom. The van der Waals surface area contributed by atoms with Crippen molar-refractivity contribution in [3.8, 4) is 0 Å². The van der Waals surface area contributed by atoms with E-state index in [0.717, 1.165) is 12.0 Å². The van der Waals surface area contributed by atoms with Crippen LogP contribution in [0, 0.1) is 0 Å². The van der Waals surface area contributed by atoms with Crippen LogP contribution in [0.2, 0.25) is 0 Å². The minimum atomic E-state index is -0.262. The first-order valence-corrected chi connectivity index (χ1v) is 5.06. The average molecular weight is 205 g/mol. The van der Waals surface area contributed by atoms with Gasteiger partial charge in [0, 0.05) is 0 Å². The maximum Gasteiger partial charge on any atom is 0.345 e. The van der Waals surface area contributed by atoms with Crippen molar-refractivity contribution in [3.05, 3.63) is 35.4 Å². The molecule has 14 heavy (non-hydrogen) atoms. The van der Waals surface area contributed by atoms with Crippen molar-refractivity contribution in [3.63, 3.8) is 0 Å². The van der Waals surface area contributed by atoms with Crippen LogP contribution in [-0.2, 0) is 15.6 Å². The van der Waals surface area contributed by atoms with Crippen LogP contribution in [-0.4, -0.2) is 16.5 Å². The molecule has 2 nitrogen and oxygen atoms in total. The largest absolute Gasteiger partial charge is 0.516 e. The van der Waals surface area contributed by atoms with E-state index in [9.17, 15) is 4.79 Å². The Kier molecular flexibility index (Phi) is 3.89. The van der Waals surface area contributed by atoms with Crippen LogP contribution in [0.4, 0.5) is 0 Å². The lowest BCUT2D eigenvalue weighted by Gasteiger charge is -2.13. The molecule has 0 spiro atoms. The number of benzene rings is 1. The Morgan fingerprint density at radius 1 is 1.50 bits per heavy atom. The summed E-state index contributed by atoms with van der Waals surface area (Å²) in [4.78, 5) is 11.3. The highest BCUT2D eigenvalue weighted by molar-refractivity contribution is 6.06. The number of carbonyl (C=O) groups excluding carboxylic acids is 1.